The van der Waals surface area contributed by atoms with Crippen molar-refractivity contribution in [2.24, 2.45) is 7.05 Å². The van der Waals surface area contributed by atoms with Crippen LogP contribution in [0, 0.1) is 0 Å². The molecule has 1 fully saturated rings. The summed E-state index contributed by atoms with van der Waals surface area (Å²) < 4.78 is 6.57. The topological polar surface area (TPSA) is 77.3 Å². The van der Waals surface area contributed by atoms with E-state index in [1.807, 2.05) is 0 Å². The molecule has 8 heteroatoms. The highest BCUT2D eigenvalue weighted by Crippen LogP contribution is 2.44. The van der Waals surface area contributed by atoms with E-state index in [2.05, 4.69) is 16.9 Å². The molecule has 3 rings (SSSR count). The third-order valence-electron chi connectivity index (χ3n) is 3.24. The number of carbonyl (C=O) groups excluding carboxylic acids is 2. The minimum Gasteiger partial charge on any atom is -0.457 e. The molecule has 23 heavy (non-hydrogen) atoms. The van der Waals surface area contributed by atoms with Gasteiger partial charge in [0.15, 0.2) is 0 Å². The van der Waals surface area contributed by atoms with Gasteiger partial charge in [-0.3, -0.25) is 14.4 Å². The number of nitrogens with zero attached hydrogens (tertiary/aromatic N) is 4. The molecule has 2 aliphatic rings. The average molecular weight is 330 g/mol. The van der Waals surface area contributed by atoms with Crippen molar-refractivity contribution in [1.82, 2.24) is 19.9 Å². The first-order valence-electron chi connectivity index (χ1n) is 6.83. The van der Waals surface area contributed by atoms with Gasteiger partial charge in [0, 0.05) is 12.5 Å². The van der Waals surface area contributed by atoms with Crippen molar-refractivity contribution in [1.29, 1.82) is 0 Å². The number of aryl methyl sites for hydroxylation is 1. The first-order chi connectivity index (χ1) is 11.1. The Balaban J connectivity index is 1.65. The molecular formula is C15H14N4O3S. The Bertz CT molecular complexity index is 763. The Morgan fingerprint density at radius 2 is 2.39 bits per heavy atom. The molecule has 0 aliphatic carbocycles. The lowest BCUT2D eigenvalue weighted by Crippen LogP contribution is -2.51. The number of β-lactam (4-membered cyclic amide) rings is 1. The number of allylic oxidation sites excluding steroid dienone is 2. The number of thioether (sulfide) groups is 1. The van der Waals surface area contributed by atoms with Crippen molar-refractivity contribution in [2.45, 2.75) is 5.37 Å². The number of ether oxygens (including phenoxy) is 1. The molecule has 0 spiro atoms. The largest absolute Gasteiger partial charge is 0.457 e. The monoisotopic (exact) mass is 330 g/mol. The van der Waals surface area contributed by atoms with E-state index in [0.717, 1.165) is 0 Å². The minimum absolute atomic E-state index is 0.122. The van der Waals surface area contributed by atoms with Gasteiger partial charge in [0.25, 0.3) is 5.91 Å². The highest BCUT2D eigenvalue weighted by Gasteiger charge is 2.49. The van der Waals surface area contributed by atoms with Crippen LogP contribution in [0.1, 0.15) is 5.69 Å². The standard InChI is InChI=1S/C15H14N4O3S/c1-3-7-22-15(21)12-9-23-14-11(13(20)19(12)14)6-4-5-10-8-18(2)17-16-10/h3-6,8-9,14H,1,7H2,2H3/b5-4+,11-6-/t14-/m1/s1. The van der Waals surface area contributed by atoms with E-state index in [1.54, 1.807) is 41.6 Å². The first kappa shape index (κ1) is 15.3. The van der Waals surface area contributed by atoms with Gasteiger partial charge in [-0.1, -0.05) is 30.0 Å². The molecule has 2 aliphatic heterocycles. The normalized spacial score (nSPS) is 21.3. The van der Waals surface area contributed by atoms with Crippen LogP contribution < -0.4 is 0 Å². The molecule has 1 atom stereocenters. The predicted molar refractivity (Wildman–Crippen MR) is 85.6 cm³/mol. The smallest absolute Gasteiger partial charge is 0.355 e. The summed E-state index contributed by atoms with van der Waals surface area (Å²) in [6.45, 7) is 3.61. The van der Waals surface area contributed by atoms with Gasteiger partial charge >= 0.3 is 5.97 Å². The fraction of sp³-hybridized carbons (Fsp3) is 0.200. The van der Waals surface area contributed by atoms with Gasteiger partial charge in [-0.25, -0.2) is 4.79 Å². The van der Waals surface area contributed by atoms with E-state index in [-0.39, 0.29) is 23.6 Å². The second kappa shape index (κ2) is 6.25. The number of esters is 1. The molecule has 0 bridgehead atoms. The molecule has 0 N–H and O–H groups in total. The third kappa shape index (κ3) is 2.85. The van der Waals surface area contributed by atoms with Gasteiger partial charge in [-0.05, 0) is 6.08 Å². The van der Waals surface area contributed by atoms with Gasteiger partial charge in [0.2, 0.25) is 0 Å². The van der Waals surface area contributed by atoms with E-state index in [0.29, 0.717) is 11.3 Å². The number of hydrogen-bond donors (Lipinski definition) is 0. The van der Waals surface area contributed by atoms with Crippen molar-refractivity contribution in [3.63, 3.8) is 0 Å². The van der Waals surface area contributed by atoms with Gasteiger partial charge < -0.3 is 4.74 Å². The third-order valence-corrected chi connectivity index (χ3v) is 4.32. The summed E-state index contributed by atoms with van der Waals surface area (Å²) >= 11 is 1.41. The van der Waals surface area contributed by atoms with Crippen molar-refractivity contribution >= 4 is 29.7 Å². The van der Waals surface area contributed by atoms with E-state index in [4.69, 9.17) is 4.74 Å². The molecule has 118 valence electrons. The number of aromatic nitrogens is 3. The zero-order valence-corrected chi connectivity index (χ0v) is 13.2. The van der Waals surface area contributed by atoms with Crippen molar-refractivity contribution in [3.05, 3.63) is 53.4 Å². The van der Waals surface area contributed by atoms with Crippen molar-refractivity contribution < 1.29 is 14.3 Å². The maximum atomic E-state index is 12.2. The number of carbonyl (C=O) groups is 2. The fourth-order valence-corrected chi connectivity index (χ4v) is 3.30. The molecule has 1 aromatic rings. The Labute approximate surface area is 137 Å². The molecule has 7 nitrogen and oxygen atoms in total. The van der Waals surface area contributed by atoms with Crippen LogP contribution in [0.25, 0.3) is 6.08 Å². The molecule has 0 radical (unpaired) electrons. The van der Waals surface area contributed by atoms with Crippen LogP contribution in [0.15, 0.2) is 47.7 Å². The van der Waals surface area contributed by atoms with Crippen LogP contribution in [0.2, 0.25) is 0 Å². The molecule has 1 amide bonds. The molecule has 1 aromatic heterocycles. The van der Waals surface area contributed by atoms with Crippen LogP contribution in [-0.4, -0.2) is 43.8 Å². The molecule has 1 saturated heterocycles. The van der Waals surface area contributed by atoms with E-state index >= 15 is 0 Å². The number of amides is 1. The quantitative estimate of drug-likeness (QED) is 0.350. The Kier molecular flexibility index (Phi) is 4.16. The average Bonchev–Trinajstić information content (AvgIpc) is 3.13. The summed E-state index contributed by atoms with van der Waals surface area (Å²) in [5.41, 5.74) is 1.62. The van der Waals surface area contributed by atoms with E-state index < -0.39 is 5.97 Å². The highest BCUT2D eigenvalue weighted by atomic mass is 32.2. The van der Waals surface area contributed by atoms with E-state index in [1.165, 1.54) is 22.7 Å². The van der Waals surface area contributed by atoms with Gasteiger partial charge in [-0.2, -0.15) is 0 Å². The van der Waals surface area contributed by atoms with E-state index in [9.17, 15) is 9.59 Å². The molecule has 0 saturated carbocycles. The van der Waals surface area contributed by atoms with Crippen molar-refractivity contribution in [2.75, 3.05) is 6.61 Å². The summed E-state index contributed by atoms with van der Waals surface area (Å²) in [4.78, 5) is 25.5. The van der Waals surface area contributed by atoms with Crippen LogP contribution in [0.4, 0.5) is 0 Å². The maximum Gasteiger partial charge on any atom is 0.355 e. The lowest BCUT2D eigenvalue weighted by Gasteiger charge is -2.37. The molecule has 0 aromatic carbocycles. The summed E-state index contributed by atoms with van der Waals surface area (Å²) in [5.74, 6) is -0.701. The molecular weight excluding hydrogens is 316 g/mol. The Morgan fingerprint density at radius 1 is 1.57 bits per heavy atom. The lowest BCUT2D eigenvalue weighted by molar-refractivity contribution is -0.144. The first-order valence-corrected chi connectivity index (χ1v) is 7.78. The van der Waals surface area contributed by atoms with Crippen LogP contribution in [0.3, 0.4) is 0 Å². The van der Waals surface area contributed by atoms with Gasteiger partial charge in [0.05, 0.1) is 11.8 Å². The summed E-state index contributed by atoms with van der Waals surface area (Å²) in [6.07, 6.45) is 8.50. The van der Waals surface area contributed by atoms with Crippen LogP contribution in [0.5, 0.6) is 0 Å². The summed E-state index contributed by atoms with van der Waals surface area (Å²) in [5, 5.41) is 9.23. The van der Waals surface area contributed by atoms with Crippen LogP contribution >= 0.6 is 11.8 Å². The number of fused-ring (bicyclic) bond motifs is 1. The number of hydrogen-bond acceptors (Lipinski definition) is 6. The predicted octanol–water partition coefficient (Wildman–Crippen LogP) is 1.24. The highest BCUT2D eigenvalue weighted by molar-refractivity contribution is 8.03. The second-order valence-electron chi connectivity index (χ2n) is 4.85. The lowest BCUT2D eigenvalue weighted by atomic mass is 10.0. The SMILES string of the molecule is C=CCOC(=O)C1=CS[C@@H]2/C(=C\C=C\c3cn(C)nn3)C(=O)N12. The summed E-state index contributed by atoms with van der Waals surface area (Å²) in [6, 6.07) is 0. The maximum absolute atomic E-state index is 12.2. The van der Waals surface area contributed by atoms with Crippen LogP contribution in [-0.2, 0) is 21.4 Å². The fourth-order valence-electron chi connectivity index (χ4n) is 2.18. The van der Waals surface area contributed by atoms with Crippen molar-refractivity contribution in [3.8, 4) is 0 Å². The summed E-state index contributed by atoms with van der Waals surface area (Å²) in [7, 11) is 1.78. The van der Waals surface area contributed by atoms with Gasteiger partial charge in [-0.15, -0.1) is 16.9 Å². The molecule has 0 unspecified atom stereocenters. The second-order valence-corrected chi connectivity index (χ2v) is 5.81. The Morgan fingerprint density at radius 3 is 3.09 bits per heavy atom. The number of rotatable bonds is 5. The Hall–Kier alpha value is -2.61. The zero-order valence-electron chi connectivity index (χ0n) is 12.4. The minimum atomic E-state index is -0.512. The zero-order chi connectivity index (χ0) is 16.4. The molecule has 3 heterocycles. The van der Waals surface area contributed by atoms with Gasteiger partial charge in [0.1, 0.15) is 23.4 Å².